The molecule has 13 heteroatoms. The summed E-state index contributed by atoms with van der Waals surface area (Å²) in [6.07, 6.45) is -3.04. The normalized spacial score (nSPS) is 17.3. The summed E-state index contributed by atoms with van der Waals surface area (Å²) < 4.78 is 60.8. The van der Waals surface area contributed by atoms with Crippen molar-refractivity contribution in [1.82, 2.24) is 20.2 Å². The number of likely N-dealkylation sites (tertiary alicyclic amines) is 1. The lowest BCUT2D eigenvalue weighted by atomic mass is 10.1. The van der Waals surface area contributed by atoms with E-state index in [2.05, 4.69) is 25.8 Å². The Bertz CT molecular complexity index is 1290. The molecule has 2 aromatic heterocycles. The van der Waals surface area contributed by atoms with Crippen LogP contribution in [-0.2, 0) is 0 Å². The van der Waals surface area contributed by atoms with Gasteiger partial charge in [0.15, 0.2) is 11.6 Å². The predicted molar refractivity (Wildman–Crippen MR) is 128 cm³/mol. The van der Waals surface area contributed by atoms with Gasteiger partial charge in [0.05, 0.1) is 24.0 Å². The Kier molecular flexibility index (Phi) is 7.71. The first-order chi connectivity index (χ1) is 17.6. The van der Waals surface area contributed by atoms with Crippen molar-refractivity contribution < 1.29 is 32.2 Å². The highest BCUT2D eigenvalue weighted by Crippen LogP contribution is 2.39. The summed E-state index contributed by atoms with van der Waals surface area (Å²) in [5, 5.41) is 15.7. The lowest BCUT2D eigenvalue weighted by molar-refractivity contribution is -0.183. The second-order valence-electron chi connectivity index (χ2n) is 8.37. The molecule has 2 atom stereocenters. The summed E-state index contributed by atoms with van der Waals surface area (Å²) in [5.74, 6) is -0.170. The minimum absolute atomic E-state index is 0.0573. The zero-order valence-electron chi connectivity index (χ0n) is 19.7. The van der Waals surface area contributed by atoms with Crippen molar-refractivity contribution in [1.29, 1.82) is 0 Å². The van der Waals surface area contributed by atoms with Crippen molar-refractivity contribution in [3.05, 3.63) is 59.7 Å². The maximum absolute atomic E-state index is 14.0. The minimum Gasteiger partial charge on any atom is -0.491 e. The second-order valence-corrected chi connectivity index (χ2v) is 8.37. The number of hydrogen-bond acceptors (Lipinski definition) is 7. The number of alkyl halides is 3. The van der Waals surface area contributed by atoms with Gasteiger partial charge in [-0.25, -0.2) is 19.2 Å². The number of halogens is 4. The Morgan fingerprint density at radius 2 is 2.14 bits per heavy atom. The average Bonchev–Trinajstić information content (AvgIpc) is 3.27. The van der Waals surface area contributed by atoms with Crippen LogP contribution in [0.15, 0.2) is 47.7 Å². The van der Waals surface area contributed by atoms with Crippen molar-refractivity contribution in [3.8, 4) is 5.75 Å². The first kappa shape index (κ1) is 26.1. The minimum atomic E-state index is -4.57. The van der Waals surface area contributed by atoms with Crippen LogP contribution in [0, 0.1) is 5.82 Å². The number of fused-ring (bicyclic) bond motifs is 1. The molecule has 0 radical (unpaired) electrons. The van der Waals surface area contributed by atoms with E-state index in [1.54, 1.807) is 19.1 Å². The fourth-order valence-electron chi connectivity index (χ4n) is 4.20. The van der Waals surface area contributed by atoms with Gasteiger partial charge in [0.2, 0.25) is 0 Å². The molecule has 0 aliphatic carbocycles. The van der Waals surface area contributed by atoms with Crippen LogP contribution in [0.5, 0.6) is 5.75 Å². The van der Waals surface area contributed by atoms with Gasteiger partial charge in [0.1, 0.15) is 11.9 Å². The highest BCUT2D eigenvalue weighted by Gasteiger charge is 2.47. The van der Waals surface area contributed by atoms with E-state index >= 15 is 0 Å². The topological polar surface area (TPSA) is 112 Å². The molecule has 9 nitrogen and oxygen atoms in total. The molecule has 0 spiro atoms. The summed E-state index contributed by atoms with van der Waals surface area (Å²) in [6.45, 7) is 2.09. The fourth-order valence-corrected chi connectivity index (χ4v) is 4.20. The Balaban J connectivity index is 1.44. The number of amides is 1. The van der Waals surface area contributed by atoms with E-state index in [1.807, 2.05) is 0 Å². The zero-order chi connectivity index (χ0) is 26.6. The van der Waals surface area contributed by atoms with Crippen molar-refractivity contribution in [2.75, 3.05) is 25.1 Å². The number of nitrogens with zero attached hydrogens (tertiary/aromatic N) is 4. The molecule has 37 heavy (non-hydrogen) atoms. The second kappa shape index (κ2) is 10.9. The van der Waals surface area contributed by atoms with Crippen LogP contribution >= 0.6 is 0 Å². The monoisotopic (exact) mass is 520 g/mol. The highest BCUT2D eigenvalue weighted by atomic mass is 19.4. The molecule has 4 rings (SSSR count). The summed E-state index contributed by atoms with van der Waals surface area (Å²) >= 11 is 0. The quantitative estimate of drug-likeness (QED) is 0.227. The number of hydrazone groups is 1. The Labute approximate surface area is 209 Å². The van der Waals surface area contributed by atoms with Crippen LogP contribution in [0.3, 0.4) is 0 Å². The zero-order valence-corrected chi connectivity index (χ0v) is 19.7. The van der Waals surface area contributed by atoms with Crippen molar-refractivity contribution >= 4 is 29.0 Å². The smallest absolute Gasteiger partial charge is 0.408 e. The van der Waals surface area contributed by atoms with Gasteiger partial charge in [-0.15, -0.1) is 0 Å². The number of rotatable bonds is 8. The van der Waals surface area contributed by atoms with Gasteiger partial charge < -0.3 is 15.2 Å². The van der Waals surface area contributed by atoms with E-state index in [0.29, 0.717) is 23.2 Å². The van der Waals surface area contributed by atoms with Crippen molar-refractivity contribution in [2.24, 2.45) is 5.10 Å². The largest absolute Gasteiger partial charge is 0.491 e. The van der Waals surface area contributed by atoms with Crippen LogP contribution in [0.4, 0.5) is 28.2 Å². The van der Waals surface area contributed by atoms with Crippen LogP contribution in [0.2, 0.25) is 0 Å². The van der Waals surface area contributed by atoms with Gasteiger partial charge in [-0.05, 0) is 37.1 Å². The van der Waals surface area contributed by atoms with E-state index < -0.39 is 30.2 Å². The summed E-state index contributed by atoms with van der Waals surface area (Å²) in [7, 11) is 0. The van der Waals surface area contributed by atoms with Gasteiger partial charge >= 0.3 is 12.3 Å². The van der Waals surface area contributed by atoms with Crippen LogP contribution < -0.4 is 15.5 Å². The van der Waals surface area contributed by atoms with E-state index in [1.165, 1.54) is 35.4 Å². The molecule has 1 aliphatic rings. The molecule has 1 aromatic carbocycles. The number of anilines is 1. The molecule has 1 aliphatic heterocycles. The predicted octanol–water partition coefficient (Wildman–Crippen LogP) is 4.56. The summed E-state index contributed by atoms with van der Waals surface area (Å²) in [4.78, 5) is 20.4. The van der Waals surface area contributed by atoms with Gasteiger partial charge in [0.25, 0.3) is 0 Å². The number of hydrogen-bond donors (Lipinski definition) is 3. The lowest BCUT2D eigenvalue weighted by Gasteiger charge is -2.30. The molecule has 1 amide bonds. The van der Waals surface area contributed by atoms with Gasteiger partial charge in [-0.2, -0.15) is 18.3 Å². The van der Waals surface area contributed by atoms with Crippen LogP contribution in [0.1, 0.15) is 30.6 Å². The molecular weight excluding hydrogens is 496 g/mol. The number of pyridine rings is 2. The molecule has 1 saturated heterocycles. The number of benzene rings is 1. The summed E-state index contributed by atoms with van der Waals surface area (Å²) in [5.41, 5.74) is 3.56. The molecule has 196 valence electrons. The van der Waals surface area contributed by atoms with Crippen LogP contribution in [0.25, 0.3) is 10.9 Å². The van der Waals surface area contributed by atoms with Gasteiger partial charge in [0, 0.05) is 36.8 Å². The van der Waals surface area contributed by atoms with E-state index in [9.17, 15) is 22.4 Å². The van der Waals surface area contributed by atoms with E-state index in [4.69, 9.17) is 9.84 Å². The third kappa shape index (κ3) is 6.42. The first-order valence-corrected chi connectivity index (χ1v) is 11.4. The first-order valence-electron chi connectivity index (χ1n) is 11.4. The van der Waals surface area contributed by atoms with Crippen molar-refractivity contribution in [2.45, 2.75) is 31.6 Å². The van der Waals surface area contributed by atoms with Gasteiger partial charge in [-0.1, -0.05) is 12.1 Å². The van der Waals surface area contributed by atoms with Gasteiger partial charge in [-0.3, -0.25) is 10.3 Å². The molecule has 0 saturated carbocycles. The molecule has 3 heterocycles. The molecule has 0 bridgehead atoms. The standard InChI is InChI=1S/C24H24F4N6O3/c1-2-37-20-10-19-14(9-18(20)25)3-5-16(31-19)12-30-33-21-6-4-15(11-29-21)22(24(26,27)28)34-8-7-17(13-34)32-23(35)36/h3-6,9-12,17,22,32H,2,7-8,13H2,1H3,(H,29,33)(H,35,36)/t17?,22-/m1/s1. The average molecular weight is 520 g/mol. The lowest BCUT2D eigenvalue weighted by Crippen LogP contribution is -2.40. The fraction of sp³-hybridized carbons (Fsp3) is 0.333. The molecule has 3 aromatic rings. The Hall–Kier alpha value is -4.00. The number of nitrogens with one attached hydrogen (secondary N) is 2. The maximum Gasteiger partial charge on any atom is 0.408 e. The third-order valence-corrected chi connectivity index (χ3v) is 5.76. The summed E-state index contributed by atoms with van der Waals surface area (Å²) in [6, 6.07) is 6.35. The van der Waals surface area contributed by atoms with E-state index in [-0.39, 0.29) is 36.6 Å². The number of aromatic nitrogens is 2. The number of carbonyl (C=O) groups is 1. The maximum atomic E-state index is 14.0. The molecule has 1 fully saturated rings. The SMILES string of the molecule is CCOc1cc2nc(C=NNc3ccc([C@@H](N4CCC(NC(=O)O)C4)C(F)(F)F)cn3)ccc2cc1F. The highest BCUT2D eigenvalue weighted by molar-refractivity contribution is 5.86. The van der Waals surface area contributed by atoms with Crippen molar-refractivity contribution in [3.63, 3.8) is 0 Å². The number of ether oxygens (including phenoxy) is 1. The Morgan fingerprint density at radius 1 is 1.32 bits per heavy atom. The number of carboxylic acid groups (broad SMARTS) is 1. The molecule has 1 unspecified atom stereocenters. The molecule has 3 N–H and O–H groups in total. The third-order valence-electron chi connectivity index (χ3n) is 5.76. The molecular formula is C24H24F4N6O3. The van der Waals surface area contributed by atoms with Crippen LogP contribution in [-0.4, -0.2) is 64.2 Å². The van der Waals surface area contributed by atoms with E-state index in [0.717, 1.165) is 6.20 Å². The Morgan fingerprint density at radius 3 is 2.81 bits per heavy atom.